The van der Waals surface area contributed by atoms with E-state index in [0.717, 1.165) is 11.7 Å². The Balaban J connectivity index is 1.86. The molecule has 6 nitrogen and oxygen atoms in total. The van der Waals surface area contributed by atoms with Crippen LogP contribution >= 0.6 is 0 Å². The van der Waals surface area contributed by atoms with Crippen LogP contribution in [-0.2, 0) is 13.6 Å². The number of ether oxygens (including phenoxy) is 1. The molecule has 0 atom stereocenters. The predicted molar refractivity (Wildman–Crippen MR) is 102 cm³/mol. The van der Waals surface area contributed by atoms with Gasteiger partial charge in [-0.3, -0.25) is 9.67 Å². The second-order valence-corrected chi connectivity index (χ2v) is 6.50. The molecule has 0 aliphatic heterocycles. The van der Waals surface area contributed by atoms with E-state index in [1.165, 1.54) is 17.7 Å². The Morgan fingerprint density at radius 3 is 2.85 bits per heavy atom. The average molecular weight is 361 g/mol. The van der Waals surface area contributed by atoms with Crippen LogP contribution < -0.4 is 10.1 Å². The fourth-order valence-corrected chi connectivity index (χ4v) is 2.77. The summed E-state index contributed by atoms with van der Waals surface area (Å²) in [7, 11) is 5.67. The highest BCUT2D eigenvalue weighted by Gasteiger charge is 2.15. The minimum absolute atomic E-state index is 0.302. The number of rotatable bonds is 7. The topological polar surface area (TPSA) is 54.7 Å². The molecule has 0 unspecified atom stereocenters. The van der Waals surface area contributed by atoms with Crippen LogP contribution in [0.3, 0.4) is 0 Å². The van der Waals surface area contributed by atoms with Crippen LogP contribution in [0, 0.1) is 5.82 Å². The first-order valence-corrected chi connectivity index (χ1v) is 8.73. The maximum atomic E-state index is 13.1. The summed E-state index contributed by atoms with van der Waals surface area (Å²) in [6.07, 6.45) is 2.05. The summed E-state index contributed by atoms with van der Waals surface area (Å²) in [4.78, 5) is 6.36. The molecular formula is C19H28FN5O. The van der Waals surface area contributed by atoms with E-state index >= 15 is 0 Å². The van der Waals surface area contributed by atoms with Crippen molar-refractivity contribution in [2.24, 2.45) is 12.0 Å². The van der Waals surface area contributed by atoms with Crippen molar-refractivity contribution in [3.63, 3.8) is 0 Å². The van der Waals surface area contributed by atoms with Crippen molar-refractivity contribution < 1.29 is 9.13 Å². The molecule has 0 amide bonds. The molecule has 0 radical (unpaired) electrons. The summed E-state index contributed by atoms with van der Waals surface area (Å²) in [5.74, 6) is 1.36. The second-order valence-electron chi connectivity index (χ2n) is 6.50. The number of hydrogen-bond acceptors (Lipinski definition) is 3. The molecule has 142 valence electrons. The standard InChI is InChI=1S/C19H28FN5O/c1-14(2)18-15(13-25(5)23-18)12-24(4)19(21-3)22-9-10-26-17-8-6-7-16(20)11-17/h6-8,11,13-14H,9-10,12H2,1-5H3,(H,21,22). The van der Waals surface area contributed by atoms with Crippen molar-refractivity contribution in [2.75, 3.05) is 27.2 Å². The zero-order chi connectivity index (χ0) is 19.1. The minimum atomic E-state index is -0.302. The third-order valence-electron chi connectivity index (χ3n) is 3.91. The van der Waals surface area contributed by atoms with Gasteiger partial charge in [0.05, 0.1) is 12.2 Å². The summed E-state index contributed by atoms with van der Waals surface area (Å²) >= 11 is 0. The normalized spacial score (nSPS) is 11.7. The first kappa shape index (κ1) is 19.8. The van der Waals surface area contributed by atoms with Gasteiger partial charge >= 0.3 is 0 Å². The number of aryl methyl sites for hydroxylation is 1. The maximum absolute atomic E-state index is 13.1. The van der Waals surface area contributed by atoms with Gasteiger partial charge in [0, 0.05) is 45.5 Å². The molecular weight excluding hydrogens is 333 g/mol. The van der Waals surface area contributed by atoms with Gasteiger partial charge < -0.3 is 15.0 Å². The van der Waals surface area contributed by atoms with E-state index in [9.17, 15) is 4.39 Å². The van der Waals surface area contributed by atoms with E-state index in [0.29, 0.717) is 31.4 Å². The number of halogens is 1. The molecule has 0 saturated carbocycles. The van der Waals surface area contributed by atoms with Gasteiger partial charge in [-0.25, -0.2) is 4.39 Å². The Morgan fingerprint density at radius 1 is 1.42 bits per heavy atom. The first-order valence-electron chi connectivity index (χ1n) is 8.73. The maximum Gasteiger partial charge on any atom is 0.193 e. The van der Waals surface area contributed by atoms with E-state index in [2.05, 4.69) is 29.3 Å². The molecule has 1 N–H and O–H groups in total. The number of aromatic nitrogens is 2. The zero-order valence-electron chi connectivity index (χ0n) is 16.2. The first-order chi connectivity index (χ1) is 12.4. The van der Waals surface area contributed by atoms with E-state index in [1.807, 2.05) is 29.9 Å². The lowest BCUT2D eigenvalue weighted by Crippen LogP contribution is -2.40. The summed E-state index contributed by atoms with van der Waals surface area (Å²) in [5.41, 5.74) is 2.29. The summed E-state index contributed by atoms with van der Waals surface area (Å²) in [6, 6.07) is 6.13. The Morgan fingerprint density at radius 2 is 2.19 bits per heavy atom. The Kier molecular flexibility index (Phi) is 7.00. The van der Waals surface area contributed by atoms with Crippen LogP contribution in [0.2, 0.25) is 0 Å². The van der Waals surface area contributed by atoms with Gasteiger partial charge in [-0.2, -0.15) is 5.10 Å². The van der Waals surface area contributed by atoms with Crippen molar-refractivity contribution in [2.45, 2.75) is 26.3 Å². The second kappa shape index (κ2) is 9.22. The molecule has 0 spiro atoms. The smallest absolute Gasteiger partial charge is 0.193 e. The molecule has 0 aliphatic carbocycles. The molecule has 0 bridgehead atoms. The van der Waals surface area contributed by atoms with Gasteiger partial charge in [-0.05, 0) is 18.1 Å². The highest BCUT2D eigenvalue weighted by molar-refractivity contribution is 5.79. The van der Waals surface area contributed by atoms with Crippen molar-refractivity contribution in [3.8, 4) is 5.75 Å². The van der Waals surface area contributed by atoms with Crippen LogP contribution in [0.4, 0.5) is 4.39 Å². The molecule has 0 fully saturated rings. The van der Waals surface area contributed by atoms with Crippen molar-refractivity contribution >= 4 is 5.96 Å². The number of nitrogens with one attached hydrogen (secondary N) is 1. The van der Waals surface area contributed by atoms with Crippen molar-refractivity contribution in [3.05, 3.63) is 47.5 Å². The van der Waals surface area contributed by atoms with E-state index in [1.54, 1.807) is 19.2 Å². The number of hydrogen-bond donors (Lipinski definition) is 1. The third kappa shape index (κ3) is 5.47. The Labute approximate surface area is 154 Å². The zero-order valence-corrected chi connectivity index (χ0v) is 16.2. The SMILES string of the molecule is CN=C(NCCOc1cccc(F)c1)N(C)Cc1cn(C)nc1C(C)C. The molecule has 7 heteroatoms. The Bertz CT molecular complexity index is 741. The monoisotopic (exact) mass is 361 g/mol. The lowest BCUT2D eigenvalue weighted by atomic mass is 10.1. The molecule has 1 aromatic carbocycles. The third-order valence-corrected chi connectivity index (χ3v) is 3.91. The fraction of sp³-hybridized carbons (Fsp3) is 0.474. The van der Waals surface area contributed by atoms with Crippen molar-refractivity contribution in [1.29, 1.82) is 0 Å². The number of benzene rings is 1. The molecule has 0 saturated heterocycles. The summed E-state index contributed by atoms with van der Waals surface area (Å²) < 4.78 is 20.5. The van der Waals surface area contributed by atoms with Crippen LogP contribution in [-0.4, -0.2) is 47.9 Å². The lowest BCUT2D eigenvalue weighted by molar-refractivity contribution is 0.317. The van der Waals surface area contributed by atoms with Gasteiger partial charge in [-0.1, -0.05) is 19.9 Å². The quantitative estimate of drug-likeness (QED) is 0.468. The predicted octanol–water partition coefficient (Wildman–Crippen LogP) is 2.77. The number of nitrogens with zero attached hydrogens (tertiary/aromatic N) is 4. The molecule has 0 aliphatic rings. The van der Waals surface area contributed by atoms with Gasteiger partial charge in [0.1, 0.15) is 18.2 Å². The van der Waals surface area contributed by atoms with Gasteiger partial charge in [-0.15, -0.1) is 0 Å². The number of guanidine groups is 1. The fourth-order valence-electron chi connectivity index (χ4n) is 2.77. The molecule has 1 heterocycles. The highest BCUT2D eigenvalue weighted by Crippen LogP contribution is 2.18. The summed E-state index contributed by atoms with van der Waals surface area (Å²) in [6.45, 7) is 5.98. The minimum Gasteiger partial charge on any atom is -0.492 e. The van der Waals surface area contributed by atoms with E-state index in [4.69, 9.17) is 4.74 Å². The molecule has 26 heavy (non-hydrogen) atoms. The lowest BCUT2D eigenvalue weighted by Gasteiger charge is -2.22. The van der Waals surface area contributed by atoms with Crippen LogP contribution in [0.15, 0.2) is 35.5 Å². The largest absolute Gasteiger partial charge is 0.492 e. The van der Waals surface area contributed by atoms with Crippen LogP contribution in [0.1, 0.15) is 31.0 Å². The molecule has 1 aromatic heterocycles. The molecule has 2 rings (SSSR count). The van der Waals surface area contributed by atoms with Gasteiger partial charge in [0.15, 0.2) is 5.96 Å². The van der Waals surface area contributed by atoms with Gasteiger partial charge in [0.25, 0.3) is 0 Å². The van der Waals surface area contributed by atoms with Crippen LogP contribution in [0.25, 0.3) is 0 Å². The average Bonchev–Trinajstić information content (AvgIpc) is 2.95. The number of aliphatic imine (C=N–C) groups is 1. The van der Waals surface area contributed by atoms with Crippen LogP contribution in [0.5, 0.6) is 5.75 Å². The van der Waals surface area contributed by atoms with Crippen molar-refractivity contribution in [1.82, 2.24) is 20.0 Å². The highest BCUT2D eigenvalue weighted by atomic mass is 19.1. The van der Waals surface area contributed by atoms with E-state index < -0.39 is 0 Å². The summed E-state index contributed by atoms with van der Waals surface area (Å²) in [5, 5.41) is 7.80. The molecule has 2 aromatic rings. The van der Waals surface area contributed by atoms with E-state index in [-0.39, 0.29) is 5.82 Å². The van der Waals surface area contributed by atoms with Gasteiger partial charge in [0.2, 0.25) is 0 Å². The Hall–Kier alpha value is -2.57.